The van der Waals surface area contributed by atoms with Gasteiger partial charge in [-0.15, -0.1) is 10.2 Å². The van der Waals surface area contributed by atoms with Crippen molar-refractivity contribution < 1.29 is 18.7 Å². The van der Waals surface area contributed by atoms with Gasteiger partial charge in [0.25, 0.3) is 5.91 Å². The number of aromatic nitrogens is 2. The Kier molecular flexibility index (Phi) is 7.86. The molecule has 2 heterocycles. The third-order valence-electron chi connectivity index (χ3n) is 3.40. The smallest absolute Gasteiger partial charge is 0.381 e. The summed E-state index contributed by atoms with van der Waals surface area (Å²) < 4.78 is 15.2. The van der Waals surface area contributed by atoms with Crippen LogP contribution in [0.1, 0.15) is 24.4 Å². The van der Waals surface area contributed by atoms with Gasteiger partial charge >= 0.3 is 5.63 Å². The van der Waals surface area contributed by atoms with Gasteiger partial charge < -0.3 is 24.9 Å². The maximum absolute atomic E-state index is 12.5. The number of rotatable bonds is 9. The molecule has 2 rings (SSSR count). The number of carbonyl (C=O) groups is 1. The monoisotopic (exact) mass is 422 g/mol. The topological polar surface area (TPSA) is 154 Å². The molecule has 2 aromatic heterocycles. The van der Waals surface area contributed by atoms with E-state index in [0.29, 0.717) is 23.1 Å². The van der Waals surface area contributed by atoms with Crippen molar-refractivity contribution in [1.29, 1.82) is 0 Å². The van der Waals surface area contributed by atoms with E-state index in [1.54, 1.807) is 20.1 Å². The van der Waals surface area contributed by atoms with E-state index in [2.05, 4.69) is 25.8 Å². The summed E-state index contributed by atoms with van der Waals surface area (Å²) in [7, 11) is 2.89. The highest BCUT2D eigenvalue weighted by Crippen LogP contribution is 2.25. The zero-order valence-corrected chi connectivity index (χ0v) is 17.2. The van der Waals surface area contributed by atoms with Crippen LogP contribution in [0.4, 0.5) is 16.0 Å². The third kappa shape index (κ3) is 6.12. The Balaban J connectivity index is 2.22. The highest BCUT2D eigenvalue weighted by Gasteiger charge is 2.19. The molecule has 12 heteroatoms. The highest BCUT2D eigenvalue weighted by molar-refractivity contribution is 7.18. The molecule has 0 radical (unpaired) electrons. The lowest BCUT2D eigenvalue weighted by Crippen LogP contribution is -2.23. The van der Waals surface area contributed by atoms with Crippen molar-refractivity contribution in [2.75, 3.05) is 31.5 Å². The molecule has 0 bridgehead atoms. The Hall–Kier alpha value is -3.25. The van der Waals surface area contributed by atoms with E-state index in [4.69, 9.17) is 19.6 Å². The van der Waals surface area contributed by atoms with Gasteiger partial charge in [-0.1, -0.05) is 11.3 Å². The molecule has 156 valence electrons. The fraction of sp³-hybridized carbons (Fsp3) is 0.353. The van der Waals surface area contributed by atoms with Crippen LogP contribution in [0.2, 0.25) is 0 Å². The zero-order valence-electron chi connectivity index (χ0n) is 16.4. The number of amides is 1. The number of ether oxygens (including phenoxy) is 2. The minimum absolute atomic E-state index is 0.0412. The van der Waals surface area contributed by atoms with Crippen LogP contribution in [0, 0.1) is 0 Å². The molecule has 2 aromatic rings. The number of anilines is 2. The van der Waals surface area contributed by atoms with Crippen LogP contribution in [0.5, 0.6) is 5.75 Å². The number of allylic oxidation sites excluding steroid dienone is 1. The fourth-order valence-corrected chi connectivity index (χ4v) is 2.92. The van der Waals surface area contributed by atoms with Gasteiger partial charge in [-0.25, -0.2) is 9.79 Å². The summed E-state index contributed by atoms with van der Waals surface area (Å²) in [5.41, 5.74) is 5.45. The van der Waals surface area contributed by atoms with Crippen molar-refractivity contribution in [1.82, 2.24) is 10.2 Å². The van der Waals surface area contributed by atoms with Crippen molar-refractivity contribution in [2.45, 2.75) is 19.9 Å². The number of nitrogens with two attached hydrogens (primary N) is 1. The van der Waals surface area contributed by atoms with Crippen molar-refractivity contribution in [3.63, 3.8) is 0 Å². The maximum Gasteiger partial charge on any atom is 0.381 e. The van der Waals surface area contributed by atoms with E-state index in [-0.39, 0.29) is 22.7 Å². The average Bonchev–Trinajstić information content (AvgIpc) is 3.08. The number of nitrogens with one attached hydrogen (secondary N) is 2. The normalized spacial score (nSPS) is 12.8. The summed E-state index contributed by atoms with van der Waals surface area (Å²) in [6.07, 6.45) is 2.96. The highest BCUT2D eigenvalue weighted by atomic mass is 32.1. The summed E-state index contributed by atoms with van der Waals surface area (Å²) in [6, 6.07) is 1.24. The molecule has 0 aliphatic carbocycles. The van der Waals surface area contributed by atoms with E-state index < -0.39 is 11.5 Å². The van der Waals surface area contributed by atoms with Crippen molar-refractivity contribution in [3.05, 3.63) is 34.5 Å². The van der Waals surface area contributed by atoms with Crippen molar-refractivity contribution in [3.8, 4) is 5.75 Å². The van der Waals surface area contributed by atoms with Crippen LogP contribution in [0.25, 0.3) is 0 Å². The van der Waals surface area contributed by atoms with Crippen LogP contribution in [-0.2, 0) is 4.74 Å². The van der Waals surface area contributed by atoms with Gasteiger partial charge in [0.1, 0.15) is 0 Å². The number of hydrogen-bond donors (Lipinski definition) is 3. The Morgan fingerprint density at radius 1 is 1.45 bits per heavy atom. The first-order valence-electron chi connectivity index (χ1n) is 8.44. The molecule has 0 aromatic carbocycles. The summed E-state index contributed by atoms with van der Waals surface area (Å²) >= 11 is 1.05. The summed E-state index contributed by atoms with van der Waals surface area (Å²) in [5, 5.41) is 13.8. The zero-order chi connectivity index (χ0) is 21.4. The second kappa shape index (κ2) is 10.3. The molecule has 0 unspecified atom stereocenters. The molecule has 0 aliphatic heterocycles. The Labute approximate surface area is 170 Å². The van der Waals surface area contributed by atoms with Crippen LogP contribution < -0.4 is 26.7 Å². The predicted molar refractivity (Wildman–Crippen MR) is 110 cm³/mol. The van der Waals surface area contributed by atoms with Gasteiger partial charge in [0, 0.05) is 24.9 Å². The summed E-state index contributed by atoms with van der Waals surface area (Å²) in [4.78, 5) is 28.9. The van der Waals surface area contributed by atoms with E-state index in [1.165, 1.54) is 19.4 Å². The number of aliphatic imine (C=N–C) groups is 1. The molecular formula is C17H22N6O5S. The molecule has 29 heavy (non-hydrogen) atoms. The molecule has 0 saturated heterocycles. The first-order chi connectivity index (χ1) is 13.9. The average molecular weight is 422 g/mol. The number of nitrogens with zero attached hydrogens (tertiary/aromatic N) is 3. The van der Waals surface area contributed by atoms with Crippen LogP contribution >= 0.6 is 11.3 Å². The molecular weight excluding hydrogens is 400 g/mol. The molecule has 11 nitrogen and oxygen atoms in total. The van der Waals surface area contributed by atoms with E-state index in [1.807, 2.05) is 6.92 Å². The lowest BCUT2D eigenvalue weighted by atomic mass is 10.2. The molecule has 4 N–H and O–H groups in total. The largest absolute Gasteiger partial charge is 0.488 e. The summed E-state index contributed by atoms with van der Waals surface area (Å²) in [5.74, 6) is -0.927. The molecule has 0 saturated carbocycles. The third-order valence-corrected chi connectivity index (χ3v) is 4.13. The molecule has 1 amide bonds. The predicted octanol–water partition coefficient (Wildman–Crippen LogP) is 1.76. The van der Waals surface area contributed by atoms with Gasteiger partial charge in [-0.05, 0) is 26.1 Å². The second-order valence-corrected chi connectivity index (χ2v) is 6.76. The van der Waals surface area contributed by atoms with E-state index in [9.17, 15) is 9.59 Å². The Bertz CT molecular complexity index is 967. The van der Waals surface area contributed by atoms with Gasteiger partial charge in [0.2, 0.25) is 16.0 Å². The SMILES string of the molecule is COC[C@@H](C)Nc1cc(C(=O)Nc2nnc(N=C(C)C=CN)s2)oc(=O)c1OC. The molecule has 0 spiro atoms. The fourth-order valence-electron chi connectivity index (χ4n) is 2.25. The number of hydrogen-bond acceptors (Lipinski definition) is 11. The standard InChI is InChI=1S/C17H22N6O5S/c1-9(5-6-18)20-16-22-23-17(29-16)21-14(24)12-7-11(19-10(2)8-26-3)13(27-4)15(25)28-12/h5-7,10,19H,8,18H2,1-4H3,(H,21,23,24)/t10-/m1/s1. The minimum atomic E-state index is -0.793. The van der Waals surface area contributed by atoms with E-state index >= 15 is 0 Å². The van der Waals surface area contributed by atoms with Crippen LogP contribution in [0.15, 0.2) is 32.5 Å². The first kappa shape index (κ1) is 22.0. The lowest BCUT2D eigenvalue weighted by molar-refractivity contribution is 0.0991. The van der Waals surface area contributed by atoms with Crippen molar-refractivity contribution in [2.24, 2.45) is 10.7 Å². The van der Waals surface area contributed by atoms with Crippen LogP contribution in [0.3, 0.4) is 0 Å². The van der Waals surface area contributed by atoms with Gasteiger partial charge in [-0.2, -0.15) is 0 Å². The molecule has 0 aliphatic rings. The Morgan fingerprint density at radius 2 is 2.21 bits per heavy atom. The Morgan fingerprint density at radius 3 is 2.86 bits per heavy atom. The molecule has 1 atom stereocenters. The maximum atomic E-state index is 12.5. The van der Waals surface area contributed by atoms with Gasteiger partial charge in [0.15, 0.2) is 5.76 Å². The number of carbonyl (C=O) groups excluding carboxylic acids is 1. The first-order valence-corrected chi connectivity index (χ1v) is 9.25. The van der Waals surface area contributed by atoms with Crippen LogP contribution in [-0.4, -0.2) is 48.7 Å². The van der Waals surface area contributed by atoms with E-state index in [0.717, 1.165) is 11.3 Å². The summed E-state index contributed by atoms with van der Waals surface area (Å²) in [6.45, 7) is 3.98. The minimum Gasteiger partial charge on any atom is -0.488 e. The van der Waals surface area contributed by atoms with Gasteiger partial charge in [0.05, 0.1) is 19.4 Å². The quantitative estimate of drug-likeness (QED) is 0.513. The molecule has 0 fully saturated rings. The van der Waals surface area contributed by atoms with Gasteiger partial charge in [-0.3, -0.25) is 10.1 Å². The second-order valence-electron chi connectivity index (χ2n) is 5.80. The number of methoxy groups -OCH3 is 2. The lowest BCUT2D eigenvalue weighted by Gasteiger charge is -2.16. The van der Waals surface area contributed by atoms with Crippen molar-refractivity contribution >= 4 is 38.9 Å².